The fourth-order valence-electron chi connectivity index (χ4n) is 1.45. The van der Waals surface area contributed by atoms with Crippen molar-refractivity contribution >= 4 is 5.97 Å². The molecule has 2 aromatic heterocycles. The summed E-state index contributed by atoms with van der Waals surface area (Å²) in [5.74, 6) is 0.113. The summed E-state index contributed by atoms with van der Waals surface area (Å²) in [5, 5.41) is 8.82. The molecule has 0 aliphatic rings. The van der Waals surface area contributed by atoms with Gasteiger partial charge in [0.1, 0.15) is 17.1 Å². The van der Waals surface area contributed by atoms with E-state index in [4.69, 9.17) is 9.52 Å². The largest absolute Gasteiger partial charge is 0.477 e. The lowest BCUT2D eigenvalue weighted by molar-refractivity contribution is 0.0690. The minimum Gasteiger partial charge on any atom is -0.477 e. The van der Waals surface area contributed by atoms with E-state index < -0.39 is 5.97 Å². The molecule has 0 atom stereocenters. The van der Waals surface area contributed by atoms with Gasteiger partial charge in [0.15, 0.2) is 5.89 Å². The normalized spacial score (nSPS) is 10.4. The number of hydrogen-bond donors (Lipinski definition) is 1. The Morgan fingerprint density at radius 2 is 2.06 bits per heavy atom. The van der Waals surface area contributed by atoms with Crippen LogP contribution in [0.5, 0.6) is 0 Å². The van der Waals surface area contributed by atoms with Crippen LogP contribution in [0.1, 0.15) is 22.1 Å². The Labute approximate surface area is 91.8 Å². The van der Waals surface area contributed by atoms with Gasteiger partial charge in [-0.05, 0) is 19.1 Å². The van der Waals surface area contributed by atoms with Gasteiger partial charge in [-0.3, -0.25) is 0 Å². The molecule has 5 heteroatoms. The highest BCUT2D eigenvalue weighted by molar-refractivity contribution is 5.86. The number of aromatic nitrogens is 2. The van der Waals surface area contributed by atoms with Gasteiger partial charge in [0.25, 0.3) is 0 Å². The van der Waals surface area contributed by atoms with Crippen molar-refractivity contribution in [1.29, 1.82) is 0 Å². The number of aryl methyl sites for hydroxylation is 2. The molecule has 0 fully saturated rings. The molecule has 2 aromatic rings. The standard InChI is InChI=1S/C11H10N2O3/c1-6-10(12-7(2)16-6)8-4-3-5-9(13-8)11(14)15/h3-5H,1-2H3,(H,14,15). The van der Waals surface area contributed by atoms with E-state index in [1.807, 2.05) is 0 Å². The van der Waals surface area contributed by atoms with Crippen molar-refractivity contribution in [1.82, 2.24) is 9.97 Å². The molecule has 0 aliphatic carbocycles. The molecule has 0 bridgehead atoms. The molecule has 2 rings (SSSR count). The lowest BCUT2D eigenvalue weighted by atomic mass is 10.2. The molecule has 82 valence electrons. The predicted molar refractivity (Wildman–Crippen MR) is 56.2 cm³/mol. The van der Waals surface area contributed by atoms with Gasteiger partial charge in [0, 0.05) is 6.92 Å². The molecular formula is C11H10N2O3. The number of carbonyl (C=O) groups is 1. The van der Waals surface area contributed by atoms with Crippen molar-refractivity contribution in [2.75, 3.05) is 0 Å². The maximum absolute atomic E-state index is 10.8. The number of carboxylic acid groups (broad SMARTS) is 1. The van der Waals surface area contributed by atoms with Crippen LogP contribution in [-0.4, -0.2) is 21.0 Å². The minimum absolute atomic E-state index is 0.00227. The summed E-state index contributed by atoms with van der Waals surface area (Å²) < 4.78 is 5.27. The molecule has 0 saturated heterocycles. The van der Waals surface area contributed by atoms with Crippen LogP contribution < -0.4 is 0 Å². The van der Waals surface area contributed by atoms with Crippen LogP contribution in [0.15, 0.2) is 22.6 Å². The molecule has 0 spiro atoms. The number of aromatic carboxylic acids is 1. The van der Waals surface area contributed by atoms with Gasteiger partial charge in [-0.1, -0.05) is 6.07 Å². The highest BCUT2D eigenvalue weighted by Gasteiger charge is 2.12. The average Bonchev–Trinajstić information content (AvgIpc) is 2.58. The first-order chi connectivity index (χ1) is 7.58. The first-order valence-corrected chi connectivity index (χ1v) is 4.72. The van der Waals surface area contributed by atoms with Crippen molar-refractivity contribution in [3.63, 3.8) is 0 Å². The molecule has 2 heterocycles. The van der Waals surface area contributed by atoms with Crippen molar-refractivity contribution in [2.24, 2.45) is 0 Å². The third kappa shape index (κ3) is 1.79. The zero-order valence-electron chi connectivity index (χ0n) is 8.89. The fourth-order valence-corrected chi connectivity index (χ4v) is 1.45. The first kappa shape index (κ1) is 10.4. The van der Waals surface area contributed by atoms with Gasteiger partial charge < -0.3 is 9.52 Å². The zero-order chi connectivity index (χ0) is 11.7. The van der Waals surface area contributed by atoms with E-state index >= 15 is 0 Å². The zero-order valence-corrected chi connectivity index (χ0v) is 8.89. The second-order valence-electron chi connectivity index (χ2n) is 3.35. The topological polar surface area (TPSA) is 76.2 Å². The summed E-state index contributed by atoms with van der Waals surface area (Å²) in [7, 11) is 0. The van der Waals surface area contributed by atoms with Crippen LogP contribution in [0.25, 0.3) is 11.4 Å². The maximum Gasteiger partial charge on any atom is 0.354 e. The number of oxazole rings is 1. The monoisotopic (exact) mass is 218 g/mol. The van der Waals surface area contributed by atoms with Gasteiger partial charge in [-0.15, -0.1) is 0 Å². The van der Waals surface area contributed by atoms with Crippen LogP contribution >= 0.6 is 0 Å². The Morgan fingerprint density at radius 1 is 1.31 bits per heavy atom. The second kappa shape index (κ2) is 3.77. The van der Waals surface area contributed by atoms with E-state index in [2.05, 4.69) is 9.97 Å². The molecule has 0 radical (unpaired) electrons. The Kier molecular flexibility index (Phi) is 2.44. The molecule has 0 aromatic carbocycles. The Bertz CT molecular complexity index is 546. The van der Waals surface area contributed by atoms with Crippen molar-refractivity contribution in [2.45, 2.75) is 13.8 Å². The Morgan fingerprint density at radius 3 is 2.62 bits per heavy atom. The summed E-state index contributed by atoms with van der Waals surface area (Å²) in [4.78, 5) is 18.9. The first-order valence-electron chi connectivity index (χ1n) is 4.72. The lowest BCUT2D eigenvalue weighted by Gasteiger charge is -1.98. The van der Waals surface area contributed by atoms with E-state index in [-0.39, 0.29) is 5.69 Å². The van der Waals surface area contributed by atoms with Gasteiger partial charge in [-0.25, -0.2) is 14.8 Å². The van der Waals surface area contributed by atoms with Crippen LogP contribution in [0, 0.1) is 13.8 Å². The molecule has 0 unspecified atom stereocenters. The van der Waals surface area contributed by atoms with Crippen LogP contribution in [0.3, 0.4) is 0 Å². The van der Waals surface area contributed by atoms with Crippen LogP contribution in [-0.2, 0) is 0 Å². The average molecular weight is 218 g/mol. The highest BCUT2D eigenvalue weighted by Crippen LogP contribution is 2.21. The van der Waals surface area contributed by atoms with Gasteiger partial charge in [-0.2, -0.15) is 0 Å². The fraction of sp³-hybridized carbons (Fsp3) is 0.182. The predicted octanol–water partition coefficient (Wildman–Crippen LogP) is 2.05. The lowest BCUT2D eigenvalue weighted by Crippen LogP contribution is -2.00. The molecule has 0 aliphatic heterocycles. The maximum atomic E-state index is 10.8. The Hall–Kier alpha value is -2.17. The summed E-state index contributed by atoms with van der Waals surface area (Å²) in [6, 6.07) is 4.78. The number of rotatable bonds is 2. The SMILES string of the molecule is Cc1nc(-c2cccc(C(=O)O)n2)c(C)o1. The molecule has 0 saturated carbocycles. The van der Waals surface area contributed by atoms with E-state index in [0.29, 0.717) is 23.0 Å². The van der Waals surface area contributed by atoms with Crippen molar-refractivity contribution < 1.29 is 14.3 Å². The number of nitrogens with zero attached hydrogens (tertiary/aromatic N) is 2. The van der Waals surface area contributed by atoms with E-state index in [1.54, 1.807) is 26.0 Å². The summed E-state index contributed by atoms with van der Waals surface area (Å²) in [5.41, 5.74) is 1.09. The molecule has 5 nitrogen and oxygen atoms in total. The quantitative estimate of drug-likeness (QED) is 0.834. The molecule has 1 N–H and O–H groups in total. The summed E-state index contributed by atoms with van der Waals surface area (Å²) in [6.45, 7) is 3.50. The van der Waals surface area contributed by atoms with Crippen molar-refractivity contribution in [3.05, 3.63) is 35.5 Å². The smallest absolute Gasteiger partial charge is 0.354 e. The molecular weight excluding hydrogens is 208 g/mol. The van der Waals surface area contributed by atoms with Gasteiger partial charge in [0.05, 0.1) is 5.69 Å². The van der Waals surface area contributed by atoms with E-state index in [0.717, 1.165) is 0 Å². The second-order valence-corrected chi connectivity index (χ2v) is 3.35. The third-order valence-corrected chi connectivity index (χ3v) is 2.11. The highest BCUT2D eigenvalue weighted by atomic mass is 16.4. The number of hydrogen-bond acceptors (Lipinski definition) is 4. The van der Waals surface area contributed by atoms with E-state index in [1.165, 1.54) is 6.07 Å². The Balaban J connectivity index is 2.52. The van der Waals surface area contributed by atoms with E-state index in [9.17, 15) is 4.79 Å². The van der Waals surface area contributed by atoms with Gasteiger partial charge in [0.2, 0.25) is 0 Å². The number of pyridine rings is 1. The third-order valence-electron chi connectivity index (χ3n) is 2.11. The van der Waals surface area contributed by atoms with Gasteiger partial charge >= 0.3 is 5.97 Å². The minimum atomic E-state index is -1.06. The van der Waals surface area contributed by atoms with Crippen molar-refractivity contribution in [3.8, 4) is 11.4 Å². The number of carboxylic acids is 1. The summed E-state index contributed by atoms with van der Waals surface area (Å²) in [6.07, 6.45) is 0. The molecule has 16 heavy (non-hydrogen) atoms. The molecule has 0 amide bonds. The summed E-state index contributed by atoms with van der Waals surface area (Å²) >= 11 is 0. The van der Waals surface area contributed by atoms with Crippen LogP contribution in [0.4, 0.5) is 0 Å². The van der Waals surface area contributed by atoms with Crippen LogP contribution in [0.2, 0.25) is 0 Å².